The van der Waals surface area contributed by atoms with Crippen LogP contribution in [0.25, 0.3) is 0 Å². The summed E-state index contributed by atoms with van der Waals surface area (Å²) >= 11 is 5.74. The van der Waals surface area contributed by atoms with Crippen molar-refractivity contribution in [2.75, 3.05) is 0 Å². The van der Waals surface area contributed by atoms with Crippen LogP contribution < -0.4 is 5.32 Å². The molecule has 2 rings (SSSR count). The standard InChI is InChI=1S/C13H13ClFNO2/c1-2-8-9(6-12(17)16-13(8)18)7-3-4-11(15)10(14)5-7/h3-5,8-9H,2,6H2,1H3,(H,16,17,18). The molecule has 1 aliphatic rings. The molecule has 2 unspecified atom stereocenters. The van der Waals surface area contributed by atoms with Gasteiger partial charge in [0.1, 0.15) is 5.82 Å². The largest absolute Gasteiger partial charge is 0.296 e. The Morgan fingerprint density at radius 3 is 2.78 bits per heavy atom. The van der Waals surface area contributed by atoms with Crippen LogP contribution in [0.2, 0.25) is 5.02 Å². The molecule has 18 heavy (non-hydrogen) atoms. The first-order valence-electron chi connectivity index (χ1n) is 5.81. The SMILES string of the molecule is CCC1C(=O)NC(=O)CC1c1ccc(F)c(Cl)c1. The molecule has 0 aliphatic carbocycles. The minimum Gasteiger partial charge on any atom is -0.296 e. The van der Waals surface area contributed by atoms with Crippen molar-refractivity contribution in [1.82, 2.24) is 5.32 Å². The van der Waals surface area contributed by atoms with E-state index in [1.165, 1.54) is 12.1 Å². The van der Waals surface area contributed by atoms with E-state index in [9.17, 15) is 14.0 Å². The molecule has 0 spiro atoms. The quantitative estimate of drug-likeness (QED) is 0.839. The highest BCUT2D eigenvalue weighted by Crippen LogP contribution is 2.34. The second kappa shape index (κ2) is 5.06. The number of carbonyl (C=O) groups is 2. The molecule has 2 amide bonds. The van der Waals surface area contributed by atoms with E-state index in [4.69, 9.17) is 11.6 Å². The monoisotopic (exact) mass is 269 g/mol. The number of hydrogen-bond donors (Lipinski definition) is 1. The summed E-state index contributed by atoms with van der Waals surface area (Å²) in [7, 11) is 0. The van der Waals surface area contributed by atoms with Gasteiger partial charge in [-0.3, -0.25) is 14.9 Å². The molecular formula is C13H13ClFNO2. The van der Waals surface area contributed by atoms with Crippen LogP contribution in [0.5, 0.6) is 0 Å². The Labute approximate surface area is 109 Å². The van der Waals surface area contributed by atoms with Crippen LogP contribution in [0.3, 0.4) is 0 Å². The summed E-state index contributed by atoms with van der Waals surface area (Å²) in [5.41, 5.74) is 0.733. The Kier molecular flexibility index (Phi) is 3.66. The second-order valence-electron chi connectivity index (χ2n) is 4.41. The number of hydrogen-bond acceptors (Lipinski definition) is 2. The Bertz CT molecular complexity index is 504. The van der Waals surface area contributed by atoms with Crippen molar-refractivity contribution in [1.29, 1.82) is 0 Å². The van der Waals surface area contributed by atoms with Crippen molar-refractivity contribution in [2.24, 2.45) is 5.92 Å². The summed E-state index contributed by atoms with van der Waals surface area (Å²) in [4.78, 5) is 23.2. The lowest BCUT2D eigenvalue weighted by molar-refractivity contribution is -0.137. The first-order valence-corrected chi connectivity index (χ1v) is 6.19. The summed E-state index contributed by atoms with van der Waals surface area (Å²) in [6.07, 6.45) is 0.852. The fourth-order valence-electron chi connectivity index (χ4n) is 2.37. The molecule has 1 fully saturated rings. The lowest BCUT2D eigenvalue weighted by Gasteiger charge is -2.29. The third-order valence-electron chi connectivity index (χ3n) is 3.30. The number of benzene rings is 1. The highest BCUT2D eigenvalue weighted by molar-refractivity contribution is 6.30. The van der Waals surface area contributed by atoms with Gasteiger partial charge in [-0.25, -0.2) is 4.39 Å². The van der Waals surface area contributed by atoms with Gasteiger partial charge in [0, 0.05) is 18.3 Å². The first kappa shape index (κ1) is 13.0. The lowest BCUT2D eigenvalue weighted by Crippen LogP contribution is -2.44. The molecule has 1 saturated heterocycles. The molecule has 1 N–H and O–H groups in total. The molecule has 0 aromatic heterocycles. The van der Waals surface area contributed by atoms with Crippen molar-refractivity contribution in [3.05, 3.63) is 34.6 Å². The van der Waals surface area contributed by atoms with Crippen molar-refractivity contribution in [3.63, 3.8) is 0 Å². The van der Waals surface area contributed by atoms with E-state index >= 15 is 0 Å². The first-order chi connectivity index (χ1) is 8.52. The minimum absolute atomic E-state index is 0.0146. The highest BCUT2D eigenvalue weighted by atomic mass is 35.5. The lowest BCUT2D eigenvalue weighted by atomic mass is 9.79. The number of rotatable bonds is 2. The van der Waals surface area contributed by atoms with E-state index < -0.39 is 5.82 Å². The van der Waals surface area contributed by atoms with Gasteiger partial charge >= 0.3 is 0 Å². The number of halogens is 2. The third kappa shape index (κ3) is 2.38. The average molecular weight is 270 g/mol. The highest BCUT2D eigenvalue weighted by Gasteiger charge is 2.35. The molecule has 1 aromatic carbocycles. The fraction of sp³-hybridized carbons (Fsp3) is 0.385. The molecule has 5 heteroatoms. The number of carbonyl (C=O) groups excluding carboxylic acids is 2. The molecule has 1 heterocycles. The van der Waals surface area contributed by atoms with Crippen LogP contribution in [-0.4, -0.2) is 11.8 Å². The normalized spacial score (nSPS) is 23.9. The molecular weight excluding hydrogens is 257 g/mol. The van der Waals surface area contributed by atoms with E-state index in [0.29, 0.717) is 6.42 Å². The number of imide groups is 1. The van der Waals surface area contributed by atoms with Gasteiger partial charge in [-0.05, 0) is 24.1 Å². The fourth-order valence-corrected chi connectivity index (χ4v) is 2.56. The molecule has 3 nitrogen and oxygen atoms in total. The van der Waals surface area contributed by atoms with Gasteiger partial charge in [-0.1, -0.05) is 24.6 Å². The van der Waals surface area contributed by atoms with Crippen LogP contribution in [0.1, 0.15) is 31.2 Å². The zero-order chi connectivity index (χ0) is 13.3. The van der Waals surface area contributed by atoms with Gasteiger partial charge in [-0.2, -0.15) is 0 Å². The summed E-state index contributed by atoms with van der Waals surface area (Å²) in [6, 6.07) is 4.35. The Morgan fingerprint density at radius 1 is 1.44 bits per heavy atom. The molecule has 0 saturated carbocycles. The van der Waals surface area contributed by atoms with E-state index in [2.05, 4.69) is 5.32 Å². The summed E-state index contributed by atoms with van der Waals surface area (Å²) in [5, 5.41) is 2.34. The van der Waals surface area contributed by atoms with Gasteiger partial charge in [0.05, 0.1) is 5.02 Å². The van der Waals surface area contributed by atoms with Gasteiger partial charge in [0.25, 0.3) is 0 Å². The predicted molar refractivity (Wildman–Crippen MR) is 65.7 cm³/mol. The Balaban J connectivity index is 2.36. The van der Waals surface area contributed by atoms with Crippen molar-refractivity contribution in [2.45, 2.75) is 25.7 Å². The average Bonchev–Trinajstić information content (AvgIpc) is 2.32. The number of piperidine rings is 1. The zero-order valence-corrected chi connectivity index (χ0v) is 10.6. The predicted octanol–water partition coefficient (Wildman–Crippen LogP) is 2.64. The number of nitrogens with one attached hydrogen (secondary N) is 1. The second-order valence-corrected chi connectivity index (χ2v) is 4.82. The van der Waals surface area contributed by atoms with Crippen LogP contribution >= 0.6 is 11.6 Å². The molecule has 1 aromatic rings. The summed E-state index contributed by atoms with van der Waals surface area (Å²) in [5.74, 6) is -1.56. The smallest absolute Gasteiger partial charge is 0.230 e. The summed E-state index contributed by atoms with van der Waals surface area (Å²) in [6.45, 7) is 1.89. The minimum atomic E-state index is -0.500. The van der Waals surface area contributed by atoms with E-state index in [1.54, 1.807) is 6.07 Å². The van der Waals surface area contributed by atoms with Gasteiger partial charge in [-0.15, -0.1) is 0 Å². The molecule has 96 valence electrons. The van der Waals surface area contributed by atoms with Crippen LogP contribution in [0, 0.1) is 11.7 Å². The Morgan fingerprint density at radius 2 is 2.17 bits per heavy atom. The van der Waals surface area contributed by atoms with Gasteiger partial charge < -0.3 is 0 Å². The maximum atomic E-state index is 13.1. The Hall–Kier alpha value is -1.42. The van der Waals surface area contributed by atoms with Crippen molar-refractivity contribution < 1.29 is 14.0 Å². The van der Waals surface area contributed by atoms with E-state index in [0.717, 1.165) is 5.56 Å². The zero-order valence-electron chi connectivity index (χ0n) is 9.87. The maximum Gasteiger partial charge on any atom is 0.230 e. The van der Waals surface area contributed by atoms with E-state index in [1.807, 2.05) is 6.92 Å². The number of amides is 2. The van der Waals surface area contributed by atoms with Crippen LogP contribution in [0.15, 0.2) is 18.2 Å². The maximum absolute atomic E-state index is 13.1. The topological polar surface area (TPSA) is 46.2 Å². The van der Waals surface area contributed by atoms with Crippen LogP contribution in [0.4, 0.5) is 4.39 Å². The summed E-state index contributed by atoms with van der Waals surface area (Å²) < 4.78 is 13.1. The van der Waals surface area contributed by atoms with Crippen molar-refractivity contribution >= 4 is 23.4 Å². The molecule has 0 bridgehead atoms. The molecule has 1 aliphatic heterocycles. The van der Waals surface area contributed by atoms with Crippen LogP contribution in [-0.2, 0) is 9.59 Å². The van der Waals surface area contributed by atoms with Crippen molar-refractivity contribution in [3.8, 4) is 0 Å². The van der Waals surface area contributed by atoms with Gasteiger partial charge in [0.2, 0.25) is 11.8 Å². The van der Waals surface area contributed by atoms with Gasteiger partial charge in [0.15, 0.2) is 0 Å². The molecule has 0 radical (unpaired) electrons. The van der Waals surface area contributed by atoms with E-state index in [-0.39, 0.29) is 35.1 Å². The molecule has 2 atom stereocenters. The third-order valence-corrected chi connectivity index (χ3v) is 3.59.